The Balaban J connectivity index is 1.92. The van der Waals surface area contributed by atoms with E-state index in [0.717, 1.165) is 17.8 Å². The van der Waals surface area contributed by atoms with E-state index in [-0.39, 0.29) is 0 Å². The molecule has 2 aliphatic rings. The van der Waals surface area contributed by atoms with E-state index in [0.29, 0.717) is 5.41 Å². The van der Waals surface area contributed by atoms with Crippen LogP contribution in [0.25, 0.3) is 0 Å². The summed E-state index contributed by atoms with van der Waals surface area (Å²) in [5.74, 6) is 2.34. The molecule has 0 aromatic heterocycles. The Morgan fingerprint density at radius 1 is 1.06 bits per heavy atom. The lowest BCUT2D eigenvalue weighted by Gasteiger charge is -2.36. The van der Waals surface area contributed by atoms with Crippen molar-refractivity contribution in [2.75, 3.05) is 0 Å². The summed E-state index contributed by atoms with van der Waals surface area (Å²) >= 11 is 0. The molecule has 2 bridgehead atoms. The summed E-state index contributed by atoms with van der Waals surface area (Å²) in [4.78, 5) is 0. The van der Waals surface area contributed by atoms with E-state index >= 15 is 0 Å². The van der Waals surface area contributed by atoms with Crippen LogP contribution in [0.4, 0.5) is 0 Å². The molecule has 0 heterocycles. The van der Waals surface area contributed by atoms with Crippen molar-refractivity contribution in [1.82, 2.24) is 0 Å². The molecule has 1 aromatic carbocycles. The molecule has 16 heavy (non-hydrogen) atoms. The fourth-order valence-corrected chi connectivity index (χ4v) is 3.82. The van der Waals surface area contributed by atoms with Crippen LogP contribution in [0.2, 0.25) is 0 Å². The van der Waals surface area contributed by atoms with Gasteiger partial charge in [-0.3, -0.25) is 0 Å². The summed E-state index contributed by atoms with van der Waals surface area (Å²) in [5, 5.41) is 0. The molecular formula is C16H20. The molecular weight excluding hydrogens is 192 g/mol. The van der Waals surface area contributed by atoms with Crippen LogP contribution >= 0.6 is 0 Å². The minimum Gasteiger partial charge on any atom is -0.0990 e. The molecule has 3 atom stereocenters. The van der Waals surface area contributed by atoms with Crippen LogP contribution in [-0.2, 0) is 0 Å². The van der Waals surface area contributed by atoms with Crippen molar-refractivity contribution >= 4 is 0 Å². The number of allylic oxidation sites excluding steroid dienone is 1. The number of rotatable bonds is 1. The van der Waals surface area contributed by atoms with Crippen LogP contribution in [0.5, 0.6) is 0 Å². The van der Waals surface area contributed by atoms with Crippen LogP contribution in [-0.4, -0.2) is 0 Å². The molecule has 0 heteroatoms. The first-order valence-corrected chi connectivity index (χ1v) is 6.35. The smallest absolute Gasteiger partial charge is 0.00932 e. The predicted octanol–water partition coefficient (Wildman–Crippen LogP) is 4.39. The molecule has 0 aliphatic heterocycles. The molecule has 0 N–H and O–H groups in total. The zero-order chi connectivity index (χ0) is 11.3. The second-order valence-corrected chi connectivity index (χ2v) is 6.04. The Kier molecular flexibility index (Phi) is 2.04. The molecule has 0 spiro atoms. The first-order valence-electron chi connectivity index (χ1n) is 6.35. The fraction of sp³-hybridized carbons (Fsp3) is 0.500. The SMILES string of the molecule is C=C1C2CC(CC2c2ccccc2)C1(C)C. The highest BCUT2D eigenvalue weighted by atomic mass is 14.6. The predicted molar refractivity (Wildman–Crippen MR) is 68.3 cm³/mol. The van der Waals surface area contributed by atoms with E-state index in [1.165, 1.54) is 24.0 Å². The van der Waals surface area contributed by atoms with Gasteiger partial charge in [-0.2, -0.15) is 0 Å². The maximum atomic E-state index is 4.37. The number of benzene rings is 1. The maximum Gasteiger partial charge on any atom is -0.00932 e. The molecule has 84 valence electrons. The molecule has 0 radical (unpaired) electrons. The van der Waals surface area contributed by atoms with Gasteiger partial charge < -0.3 is 0 Å². The maximum absolute atomic E-state index is 4.37. The normalized spacial score (nSPS) is 35.6. The van der Waals surface area contributed by atoms with Gasteiger partial charge >= 0.3 is 0 Å². The molecule has 0 nitrogen and oxygen atoms in total. The Bertz CT molecular complexity index is 413. The summed E-state index contributed by atoms with van der Waals surface area (Å²) in [6.07, 6.45) is 2.73. The van der Waals surface area contributed by atoms with Crippen molar-refractivity contribution in [3.05, 3.63) is 48.0 Å². The lowest BCUT2D eigenvalue weighted by molar-refractivity contribution is 0.275. The van der Waals surface area contributed by atoms with Crippen molar-refractivity contribution < 1.29 is 0 Å². The highest BCUT2D eigenvalue weighted by molar-refractivity contribution is 5.33. The van der Waals surface area contributed by atoms with Crippen molar-refractivity contribution in [1.29, 1.82) is 0 Å². The minimum absolute atomic E-state index is 0.385. The Labute approximate surface area is 98.4 Å². The van der Waals surface area contributed by atoms with Gasteiger partial charge in [0, 0.05) is 0 Å². The van der Waals surface area contributed by atoms with Crippen LogP contribution in [0.15, 0.2) is 42.5 Å². The van der Waals surface area contributed by atoms with E-state index in [1.807, 2.05) is 0 Å². The van der Waals surface area contributed by atoms with E-state index in [1.54, 1.807) is 0 Å². The van der Waals surface area contributed by atoms with Gasteiger partial charge in [0.15, 0.2) is 0 Å². The Morgan fingerprint density at radius 2 is 1.69 bits per heavy atom. The summed E-state index contributed by atoms with van der Waals surface area (Å²) in [6.45, 7) is 9.12. The number of fused-ring (bicyclic) bond motifs is 2. The summed E-state index contributed by atoms with van der Waals surface area (Å²) in [5.41, 5.74) is 3.40. The van der Waals surface area contributed by atoms with E-state index in [9.17, 15) is 0 Å². The minimum atomic E-state index is 0.385. The van der Waals surface area contributed by atoms with E-state index < -0.39 is 0 Å². The van der Waals surface area contributed by atoms with Crippen molar-refractivity contribution in [3.63, 3.8) is 0 Å². The van der Waals surface area contributed by atoms with Crippen LogP contribution < -0.4 is 0 Å². The monoisotopic (exact) mass is 212 g/mol. The van der Waals surface area contributed by atoms with E-state index in [4.69, 9.17) is 0 Å². The van der Waals surface area contributed by atoms with Crippen molar-refractivity contribution in [2.24, 2.45) is 17.3 Å². The molecule has 1 aromatic rings. The van der Waals surface area contributed by atoms with E-state index in [2.05, 4.69) is 50.8 Å². The summed E-state index contributed by atoms with van der Waals surface area (Å²) in [7, 11) is 0. The zero-order valence-electron chi connectivity index (χ0n) is 10.2. The lowest BCUT2D eigenvalue weighted by Crippen LogP contribution is -2.26. The van der Waals surface area contributed by atoms with Crippen LogP contribution in [0, 0.1) is 17.3 Å². The van der Waals surface area contributed by atoms with Crippen molar-refractivity contribution in [3.8, 4) is 0 Å². The Hall–Kier alpha value is -1.04. The van der Waals surface area contributed by atoms with Gasteiger partial charge in [-0.25, -0.2) is 0 Å². The second kappa shape index (κ2) is 3.23. The molecule has 3 unspecified atom stereocenters. The highest BCUT2D eigenvalue weighted by Crippen LogP contribution is 2.63. The highest BCUT2D eigenvalue weighted by Gasteiger charge is 2.52. The van der Waals surface area contributed by atoms with Crippen molar-refractivity contribution in [2.45, 2.75) is 32.6 Å². The molecule has 3 rings (SSSR count). The summed E-state index contributed by atoms with van der Waals surface area (Å²) < 4.78 is 0. The van der Waals surface area contributed by atoms with Gasteiger partial charge in [-0.1, -0.05) is 56.3 Å². The molecule has 2 saturated carbocycles. The average molecular weight is 212 g/mol. The quantitative estimate of drug-likeness (QED) is 0.605. The van der Waals surface area contributed by atoms with Gasteiger partial charge in [0.05, 0.1) is 0 Å². The van der Waals surface area contributed by atoms with Gasteiger partial charge in [0.2, 0.25) is 0 Å². The fourth-order valence-electron chi connectivity index (χ4n) is 3.82. The third-order valence-corrected chi connectivity index (χ3v) is 5.09. The largest absolute Gasteiger partial charge is 0.0990 e. The van der Waals surface area contributed by atoms with Gasteiger partial charge in [-0.15, -0.1) is 0 Å². The first kappa shape index (κ1) is 10.1. The van der Waals surface area contributed by atoms with Gasteiger partial charge in [-0.05, 0) is 41.6 Å². The Morgan fingerprint density at radius 3 is 2.25 bits per heavy atom. The third kappa shape index (κ3) is 1.22. The molecule has 2 fully saturated rings. The number of hydrogen-bond acceptors (Lipinski definition) is 0. The standard InChI is InChI=1S/C16H20/c1-11-14-9-13(16(11,2)3)10-15(14)12-7-5-4-6-8-12/h4-8,13-15H,1,9-10H2,2-3H3. The lowest BCUT2D eigenvalue weighted by atomic mass is 9.68. The van der Waals surface area contributed by atoms with Gasteiger partial charge in [0.25, 0.3) is 0 Å². The molecule has 2 aliphatic carbocycles. The topological polar surface area (TPSA) is 0 Å². The van der Waals surface area contributed by atoms with Crippen LogP contribution in [0.1, 0.15) is 38.2 Å². The molecule has 0 saturated heterocycles. The second-order valence-electron chi connectivity index (χ2n) is 6.04. The third-order valence-electron chi connectivity index (χ3n) is 5.09. The van der Waals surface area contributed by atoms with Gasteiger partial charge in [0.1, 0.15) is 0 Å². The summed E-state index contributed by atoms with van der Waals surface area (Å²) in [6, 6.07) is 11.0. The number of hydrogen-bond donors (Lipinski definition) is 0. The first-order chi connectivity index (χ1) is 7.60. The average Bonchev–Trinajstić information content (AvgIpc) is 2.81. The zero-order valence-corrected chi connectivity index (χ0v) is 10.2. The molecule has 0 amide bonds. The van der Waals surface area contributed by atoms with Crippen LogP contribution in [0.3, 0.4) is 0 Å².